The van der Waals surface area contributed by atoms with Gasteiger partial charge in [-0.1, -0.05) is 30.3 Å². The predicted molar refractivity (Wildman–Crippen MR) is 98.0 cm³/mol. The predicted octanol–water partition coefficient (Wildman–Crippen LogP) is 4.20. The maximum atomic E-state index is 13.1. The number of ether oxygens (including phenoxy) is 1. The van der Waals surface area contributed by atoms with Crippen molar-refractivity contribution in [3.8, 4) is 0 Å². The quantitative estimate of drug-likeness (QED) is 0.539. The first-order valence-electron chi connectivity index (χ1n) is 8.55. The Morgan fingerprint density at radius 3 is 2.56 bits per heavy atom. The molecule has 1 aliphatic carbocycles. The molecule has 0 saturated heterocycles. The van der Waals surface area contributed by atoms with Gasteiger partial charge >= 0.3 is 0 Å². The van der Waals surface area contributed by atoms with Crippen LogP contribution in [0.15, 0.2) is 59.5 Å². The molecule has 0 heterocycles. The number of amides is 1. The van der Waals surface area contributed by atoms with Gasteiger partial charge in [-0.15, -0.1) is 11.8 Å². The third-order valence-corrected chi connectivity index (χ3v) is 5.27. The fraction of sp³-hybridized carbons (Fsp3) is 0.350. The van der Waals surface area contributed by atoms with Crippen LogP contribution in [0.5, 0.6) is 0 Å². The first-order valence-corrected chi connectivity index (χ1v) is 9.43. The molecule has 1 aliphatic rings. The molecule has 0 radical (unpaired) electrons. The normalized spacial score (nSPS) is 14.9. The zero-order valence-electron chi connectivity index (χ0n) is 14.0. The highest BCUT2D eigenvalue weighted by molar-refractivity contribution is 8.00. The van der Waals surface area contributed by atoms with Crippen LogP contribution >= 0.6 is 11.8 Å². The van der Waals surface area contributed by atoms with Crippen LogP contribution in [0.3, 0.4) is 0 Å². The minimum Gasteiger partial charge on any atom is -0.379 e. The highest BCUT2D eigenvalue weighted by Crippen LogP contribution is 2.35. The minimum absolute atomic E-state index is 0.0597. The lowest BCUT2D eigenvalue weighted by Gasteiger charge is -2.17. The maximum absolute atomic E-state index is 13.1. The van der Waals surface area contributed by atoms with Gasteiger partial charge in [-0.2, -0.15) is 0 Å². The van der Waals surface area contributed by atoms with Crippen molar-refractivity contribution in [2.75, 3.05) is 19.8 Å². The summed E-state index contributed by atoms with van der Waals surface area (Å²) in [5, 5.41) is 2.57. The standard InChI is InChI=1S/C20H22FNO2S/c21-17-8-10-18(11-9-17)25-19(16-4-2-1-3-5-16)20(23)22-12-13-24-14-15-6-7-15/h1-5,8-11,15,19H,6-7,12-14H2,(H,22,23). The third-order valence-electron chi connectivity index (χ3n) is 4.00. The van der Waals surface area contributed by atoms with E-state index in [4.69, 9.17) is 4.74 Å². The monoisotopic (exact) mass is 359 g/mol. The zero-order valence-corrected chi connectivity index (χ0v) is 14.8. The molecule has 0 aromatic heterocycles. The zero-order chi connectivity index (χ0) is 17.5. The average Bonchev–Trinajstić information content (AvgIpc) is 3.46. The Morgan fingerprint density at radius 1 is 1.16 bits per heavy atom. The Labute approximate surface area is 152 Å². The number of benzene rings is 2. The fourth-order valence-corrected chi connectivity index (χ4v) is 3.47. The number of carbonyl (C=O) groups is 1. The first-order chi connectivity index (χ1) is 12.2. The molecule has 1 saturated carbocycles. The van der Waals surface area contributed by atoms with Gasteiger partial charge in [0.15, 0.2) is 0 Å². The summed E-state index contributed by atoms with van der Waals surface area (Å²) in [5.41, 5.74) is 0.924. The van der Waals surface area contributed by atoms with Crippen molar-refractivity contribution in [2.24, 2.45) is 5.92 Å². The van der Waals surface area contributed by atoms with E-state index in [1.54, 1.807) is 12.1 Å². The molecule has 0 aliphatic heterocycles. The summed E-state index contributed by atoms with van der Waals surface area (Å²) in [5.74, 6) is 0.384. The summed E-state index contributed by atoms with van der Waals surface area (Å²) in [7, 11) is 0. The summed E-state index contributed by atoms with van der Waals surface area (Å²) in [6.07, 6.45) is 2.52. The summed E-state index contributed by atoms with van der Waals surface area (Å²) in [6, 6.07) is 15.8. The topological polar surface area (TPSA) is 38.3 Å². The molecule has 1 fully saturated rings. The van der Waals surface area contributed by atoms with Crippen molar-refractivity contribution in [1.82, 2.24) is 5.32 Å². The van der Waals surface area contributed by atoms with Crippen molar-refractivity contribution in [3.05, 3.63) is 66.0 Å². The van der Waals surface area contributed by atoms with E-state index in [1.165, 1.54) is 36.7 Å². The molecule has 0 bridgehead atoms. The van der Waals surface area contributed by atoms with Crippen molar-refractivity contribution < 1.29 is 13.9 Å². The number of rotatable bonds is 9. The van der Waals surface area contributed by atoms with E-state index >= 15 is 0 Å². The van der Waals surface area contributed by atoms with E-state index in [-0.39, 0.29) is 17.0 Å². The van der Waals surface area contributed by atoms with Gasteiger partial charge in [0.2, 0.25) is 5.91 Å². The van der Waals surface area contributed by atoms with Crippen LogP contribution in [0.1, 0.15) is 23.7 Å². The molecule has 2 aromatic carbocycles. The minimum atomic E-state index is -0.380. The van der Waals surface area contributed by atoms with Gasteiger partial charge in [-0.3, -0.25) is 4.79 Å². The second kappa shape index (κ2) is 9.02. The lowest BCUT2D eigenvalue weighted by Crippen LogP contribution is -2.31. The lowest BCUT2D eigenvalue weighted by atomic mass is 10.1. The Hall–Kier alpha value is -1.85. The van der Waals surface area contributed by atoms with E-state index in [9.17, 15) is 9.18 Å². The average molecular weight is 359 g/mol. The molecule has 3 nitrogen and oxygen atoms in total. The van der Waals surface area contributed by atoms with Gasteiger partial charge in [0.25, 0.3) is 0 Å². The highest BCUT2D eigenvalue weighted by Gasteiger charge is 2.23. The smallest absolute Gasteiger partial charge is 0.238 e. The number of halogens is 1. The van der Waals surface area contributed by atoms with E-state index in [2.05, 4.69) is 5.32 Å². The van der Waals surface area contributed by atoms with Gasteiger partial charge < -0.3 is 10.1 Å². The summed E-state index contributed by atoms with van der Waals surface area (Å²) in [4.78, 5) is 13.5. The molecule has 2 aromatic rings. The molecule has 5 heteroatoms. The number of hydrogen-bond acceptors (Lipinski definition) is 3. The first kappa shape index (κ1) is 18.0. The third kappa shape index (κ3) is 5.87. The van der Waals surface area contributed by atoms with Crippen molar-refractivity contribution in [3.63, 3.8) is 0 Å². The second-order valence-electron chi connectivity index (χ2n) is 6.17. The van der Waals surface area contributed by atoms with Crippen LogP contribution < -0.4 is 5.32 Å². The fourth-order valence-electron chi connectivity index (χ4n) is 2.42. The molecule has 132 valence electrons. The summed E-state index contributed by atoms with van der Waals surface area (Å²) >= 11 is 1.42. The Morgan fingerprint density at radius 2 is 1.88 bits per heavy atom. The van der Waals surface area contributed by atoms with Crippen LogP contribution in [0, 0.1) is 11.7 Å². The van der Waals surface area contributed by atoms with Crippen molar-refractivity contribution >= 4 is 17.7 Å². The molecule has 0 spiro atoms. The lowest BCUT2D eigenvalue weighted by molar-refractivity contribution is -0.120. The number of nitrogens with one attached hydrogen (secondary N) is 1. The molecular formula is C20H22FNO2S. The van der Waals surface area contributed by atoms with Crippen LogP contribution in [-0.2, 0) is 9.53 Å². The van der Waals surface area contributed by atoms with E-state index in [0.717, 1.165) is 23.0 Å². The molecule has 1 atom stereocenters. The van der Waals surface area contributed by atoms with E-state index < -0.39 is 0 Å². The SMILES string of the molecule is O=C(NCCOCC1CC1)C(Sc1ccc(F)cc1)c1ccccc1. The largest absolute Gasteiger partial charge is 0.379 e. The molecular weight excluding hydrogens is 337 g/mol. The van der Waals surface area contributed by atoms with Crippen LogP contribution in [0.25, 0.3) is 0 Å². The molecule has 1 amide bonds. The van der Waals surface area contributed by atoms with Crippen LogP contribution in [-0.4, -0.2) is 25.7 Å². The second-order valence-corrected chi connectivity index (χ2v) is 7.35. The molecule has 3 rings (SSSR count). The Balaban J connectivity index is 1.58. The highest BCUT2D eigenvalue weighted by atomic mass is 32.2. The molecule has 25 heavy (non-hydrogen) atoms. The van der Waals surface area contributed by atoms with Gasteiger partial charge in [0, 0.05) is 18.0 Å². The van der Waals surface area contributed by atoms with Gasteiger partial charge in [0.05, 0.1) is 6.61 Å². The van der Waals surface area contributed by atoms with E-state index in [1.807, 2.05) is 30.3 Å². The van der Waals surface area contributed by atoms with E-state index in [0.29, 0.717) is 13.2 Å². The summed E-state index contributed by atoms with van der Waals surface area (Å²) in [6.45, 7) is 1.83. The molecule has 1 unspecified atom stereocenters. The van der Waals surface area contributed by atoms with Crippen molar-refractivity contribution in [2.45, 2.75) is 23.0 Å². The van der Waals surface area contributed by atoms with Gasteiger partial charge in [-0.25, -0.2) is 4.39 Å². The number of carbonyl (C=O) groups excluding carboxylic acids is 1. The van der Waals surface area contributed by atoms with Crippen LogP contribution in [0.4, 0.5) is 4.39 Å². The Bertz CT molecular complexity index is 674. The summed E-state index contributed by atoms with van der Waals surface area (Å²) < 4.78 is 18.7. The van der Waals surface area contributed by atoms with Crippen molar-refractivity contribution in [1.29, 1.82) is 0 Å². The number of thioether (sulfide) groups is 1. The van der Waals surface area contributed by atoms with Gasteiger partial charge in [0.1, 0.15) is 11.1 Å². The van der Waals surface area contributed by atoms with Crippen LogP contribution in [0.2, 0.25) is 0 Å². The van der Waals surface area contributed by atoms with Gasteiger partial charge in [-0.05, 0) is 48.6 Å². The Kier molecular flexibility index (Phi) is 6.48. The molecule has 1 N–H and O–H groups in total. The number of hydrogen-bond donors (Lipinski definition) is 1. The maximum Gasteiger partial charge on any atom is 0.238 e.